The normalized spacial score (nSPS) is 22.1. The molecule has 118 valence electrons. The van der Waals surface area contributed by atoms with Crippen LogP contribution in [0.3, 0.4) is 0 Å². The van der Waals surface area contributed by atoms with Crippen molar-refractivity contribution in [3.05, 3.63) is 65.5 Å². The van der Waals surface area contributed by atoms with E-state index in [1.54, 1.807) is 0 Å². The lowest BCUT2D eigenvalue weighted by Crippen LogP contribution is -2.37. The number of amides is 1. The zero-order valence-electron chi connectivity index (χ0n) is 13.5. The van der Waals surface area contributed by atoms with Crippen LogP contribution in [-0.2, 0) is 10.2 Å². The first-order valence-electron chi connectivity index (χ1n) is 8.45. The van der Waals surface area contributed by atoms with Gasteiger partial charge in [-0.3, -0.25) is 9.78 Å². The molecule has 3 heteroatoms. The van der Waals surface area contributed by atoms with Crippen LogP contribution in [0.15, 0.2) is 48.8 Å². The minimum absolute atomic E-state index is 0.235. The molecule has 1 aliphatic heterocycles. The first kappa shape index (κ1) is 14.4. The molecule has 0 radical (unpaired) electrons. The van der Waals surface area contributed by atoms with Gasteiger partial charge in [0.15, 0.2) is 0 Å². The molecule has 1 amide bonds. The molecule has 2 heterocycles. The zero-order chi connectivity index (χ0) is 15.9. The number of hydrogen-bond donors (Lipinski definition) is 0. The number of rotatable bonds is 3. The van der Waals surface area contributed by atoms with Gasteiger partial charge < -0.3 is 4.90 Å². The van der Waals surface area contributed by atoms with Crippen LogP contribution in [0.2, 0.25) is 0 Å². The van der Waals surface area contributed by atoms with Crippen molar-refractivity contribution in [2.45, 2.75) is 37.5 Å². The van der Waals surface area contributed by atoms with Gasteiger partial charge in [0.25, 0.3) is 0 Å². The summed E-state index contributed by atoms with van der Waals surface area (Å²) in [4.78, 5) is 19.3. The number of aromatic nitrogens is 1. The van der Waals surface area contributed by atoms with Crippen molar-refractivity contribution in [3.63, 3.8) is 0 Å². The van der Waals surface area contributed by atoms with Crippen molar-refractivity contribution in [2.24, 2.45) is 0 Å². The van der Waals surface area contributed by atoms with E-state index in [4.69, 9.17) is 0 Å². The largest absolute Gasteiger partial charge is 0.341 e. The summed E-state index contributed by atoms with van der Waals surface area (Å²) >= 11 is 0. The molecule has 1 aromatic carbocycles. The smallest absolute Gasteiger partial charge is 0.233 e. The molecule has 0 spiro atoms. The molecule has 1 saturated carbocycles. The maximum absolute atomic E-state index is 13.1. The molecule has 0 N–H and O–H groups in total. The first-order valence-corrected chi connectivity index (χ1v) is 8.45. The van der Waals surface area contributed by atoms with E-state index in [1.165, 1.54) is 16.7 Å². The monoisotopic (exact) mass is 306 g/mol. The van der Waals surface area contributed by atoms with Gasteiger partial charge in [0, 0.05) is 31.4 Å². The van der Waals surface area contributed by atoms with Crippen LogP contribution in [0.4, 0.5) is 0 Å². The minimum Gasteiger partial charge on any atom is -0.341 e. The van der Waals surface area contributed by atoms with E-state index in [9.17, 15) is 4.79 Å². The number of nitrogens with zero attached hydrogens (tertiary/aromatic N) is 2. The molecule has 3 nitrogen and oxygen atoms in total. The third-order valence-electron chi connectivity index (χ3n) is 5.42. The Balaban J connectivity index is 1.51. The number of carbonyl (C=O) groups excluding carboxylic acids is 1. The van der Waals surface area contributed by atoms with Crippen molar-refractivity contribution < 1.29 is 4.79 Å². The third-order valence-corrected chi connectivity index (χ3v) is 5.42. The van der Waals surface area contributed by atoms with E-state index in [0.29, 0.717) is 11.8 Å². The fourth-order valence-electron chi connectivity index (χ4n) is 3.78. The summed E-state index contributed by atoms with van der Waals surface area (Å²) in [6, 6.07) is 12.7. The van der Waals surface area contributed by atoms with Gasteiger partial charge in [-0.2, -0.15) is 0 Å². The molecule has 4 rings (SSSR count). The van der Waals surface area contributed by atoms with Crippen LogP contribution in [0.1, 0.15) is 41.9 Å². The highest BCUT2D eigenvalue weighted by atomic mass is 16.2. The molecule has 2 aliphatic rings. The van der Waals surface area contributed by atoms with Gasteiger partial charge in [-0.15, -0.1) is 0 Å². The molecule has 2 aromatic rings. The fraction of sp³-hybridized carbons (Fsp3) is 0.400. The molecular weight excluding hydrogens is 284 g/mol. The Bertz CT molecular complexity index is 704. The van der Waals surface area contributed by atoms with Crippen molar-refractivity contribution in [3.8, 4) is 0 Å². The van der Waals surface area contributed by atoms with Gasteiger partial charge in [0.05, 0.1) is 5.41 Å². The van der Waals surface area contributed by atoms with Gasteiger partial charge in [-0.25, -0.2) is 0 Å². The van der Waals surface area contributed by atoms with Crippen LogP contribution < -0.4 is 0 Å². The van der Waals surface area contributed by atoms with E-state index in [-0.39, 0.29) is 5.41 Å². The average Bonchev–Trinajstić information content (AvgIpc) is 3.25. The highest BCUT2D eigenvalue weighted by Gasteiger charge is 2.53. The van der Waals surface area contributed by atoms with Crippen LogP contribution in [-0.4, -0.2) is 28.9 Å². The number of likely N-dealkylation sites (tertiary alicyclic amines) is 1. The van der Waals surface area contributed by atoms with Crippen LogP contribution in [0.5, 0.6) is 0 Å². The van der Waals surface area contributed by atoms with Crippen molar-refractivity contribution in [1.82, 2.24) is 9.88 Å². The Kier molecular flexibility index (Phi) is 3.44. The highest BCUT2D eigenvalue weighted by molar-refractivity contribution is 5.91. The summed E-state index contributed by atoms with van der Waals surface area (Å²) in [5, 5.41) is 0. The summed E-state index contributed by atoms with van der Waals surface area (Å²) in [5.74, 6) is 0.786. The number of pyridine rings is 1. The van der Waals surface area contributed by atoms with Gasteiger partial charge in [-0.1, -0.05) is 29.8 Å². The lowest BCUT2D eigenvalue weighted by molar-refractivity contribution is -0.132. The number of carbonyl (C=O) groups is 1. The van der Waals surface area contributed by atoms with Crippen LogP contribution >= 0.6 is 0 Å². The Labute approximate surface area is 137 Å². The quantitative estimate of drug-likeness (QED) is 0.870. The first-order chi connectivity index (χ1) is 11.2. The summed E-state index contributed by atoms with van der Waals surface area (Å²) < 4.78 is 0. The second kappa shape index (κ2) is 5.48. The summed E-state index contributed by atoms with van der Waals surface area (Å²) in [7, 11) is 0. The molecule has 1 aromatic heterocycles. The van der Waals surface area contributed by atoms with E-state index < -0.39 is 0 Å². The summed E-state index contributed by atoms with van der Waals surface area (Å²) in [5.41, 5.74) is 3.51. The Hall–Kier alpha value is -2.16. The SMILES string of the molecule is Cc1ccc(C2(C(=O)N3CCC(c4ccncc4)C3)CC2)cc1. The molecule has 2 fully saturated rings. The Morgan fingerprint density at radius 3 is 2.48 bits per heavy atom. The molecule has 0 bridgehead atoms. The predicted molar refractivity (Wildman–Crippen MR) is 90.3 cm³/mol. The van der Waals surface area contributed by atoms with Gasteiger partial charge in [-0.05, 0) is 49.4 Å². The Morgan fingerprint density at radius 1 is 1.13 bits per heavy atom. The highest BCUT2D eigenvalue weighted by Crippen LogP contribution is 2.50. The van der Waals surface area contributed by atoms with Gasteiger partial charge >= 0.3 is 0 Å². The molecular formula is C20H22N2O. The lowest BCUT2D eigenvalue weighted by atomic mass is 9.93. The van der Waals surface area contributed by atoms with Crippen LogP contribution in [0, 0.1) is 6.92 Å². The van der Waals surface area contributed by atoms with E-state index in [2.05, 4.69) is 53.2 Å². The molecule has 1 aliphatic carbocycles. The second-order valence-electron chi connectivity index (χ2n) is 6.97. The van der Waals surface area contributed by atoms with Crippen LogP contribution in [0.25, 0.3) is 0 Å². The molecule has 23 heavy (non-hydrogen) atoms. The molecule has 1 unspecified atom stereocenters. The predicted octanol–water partition coefficient (Wildman–Crippen LogP) is 3.44. The van der Waals surface area contributed by atoms with Crippen molar-refractivity contribution in [2.75, 3.05) is 13.1 Å². The summed E-state index contributed by atoms with van der Waals surface area (Å²) in [6.07, 6.45) is 6.72. The standard InChI is InChI=1S/C20H22N2O/c1-15-2-4-18(5-3-15)20(9-10-20)19(23)22-13-8-17(14-22)16-6-11-21-12-7-16/h2-7,11-12,17H,8-10,13-14H2,1H3. The topological polar surface area (TPSA) is 33.2 Å². The van der Waals surface area contributed by atoms with Gasteiger partial charge in [0.2, 0.25) is 5.91 Å². The number of benzene rings is 1. The van der Waals surface area contributed by atoms with E-state index in [0.717, 1.165) is 32.4 Å². The lowest BCUT2D eigenvalue weighted by Gasteiger charge is -2.24. The second-order valence-corrected chi connectivity index (χ2v) is 6.97. The Morgan fingerprint density at radius 2 is 1.83 bits per heavy atom. The third kappa shape index (κ3) is 2.54. The van der Waals surface area contributed by atoms with Gasteiger partial charge in [0.1, 0.15) is 0 Å². The average molecular weight is 306 g/mol. The maximum Gasteiger partial charge on any atom is 0.233 e. The molecule has 1 atom stereocenters. The molecule has 1 saturated heterocycles. The van der Waals surface area contributed by atoms with Crippen molar-refractivity contribution in [1.29, 1.82) is 0 Å². The number of aryl methyl sites for hydroxylation is 1. The fourth-order valence-corrected chi connectivity index (χ4v) is 3.78. The number of hydrogen-bond acceptors (Lipinski definition) is 2. The maximum atomic E-state index is 13.1. The van der Waals surface area contributed by atoms with E-state index in [1.807, 2.05) is 12.4 Å². The summed E-state index contributed by atoms with van der Waals surface area (Å²) in [6.45, 7) is 3.81. The minimum atomic E-state index is -0.235. The van der Waals surface area contributed by atoms with Crippen molar-refractivity contribution >= 4 is 5.91 Å². The zero-order valence-corrected chi connectivity index (χ0v) is 13.5. The van der Waals surface area contributed by atoms with E-state index >= 15 is 0 Å².